The lowest BCUT2D eigenvalue weighted by molar-refractivity contribution is 0.259. The molecule has 0 radical (unpaired) electrons. The van der Waals surface area contributed by atoms with Crippen molar-refractivity contribution in [2.45, 2.75) is 218 Å². The van der Waals surface area contributed by atoms with Crippen LogP contribution in [0.15, 0.2) is 116 Å². The second-order valence-corrected chi connectivity index (χ2v) is 17.8. The van der Waals surface area contributed by atoms with Gasteiger partial charge in [0, 0.05) is 6.61 Å². The number of rotatable bonds is 32. The first-order valence-corrected chi connectivity index (χ1v) is 22.9. The van der Waals surface area contributed by atoms with Crippen molar-refractivity contribution in [3.63, 3.8) is 0 Å². The van der Waals surface area contributed by atoms with Gasteiger partial charge in [0.05, 0.1) is 0 Å². The van der Waals surface area contributed by atoms with Crippen LogP contribution >= 0.6 is 0 Å². The van der Waals surface area contributed by atoms with Gasteiger partial charge < -0.3 is 5.11 Å². The molecule has 1 atom stereocenters. The Balaban J connectivity index is 4.25. The summed E-state index contributed by atoms with van der Waals surface area (Å²) in [5.41, 5.74) is 15.1. The zero-order chi connectivity index (χ0) is 42.0. The normalized spacial score (nSPS) is 15.2. The van der Waals surface area contributed by atoms with Gasteiger partial charge in [0.2, 0.25) is 0 Å². The Morgan fingerprint density at radius 1 is 0.304 bits per heavy atom. The molecular weight excluding hydrogens is 677 g/mol. The Kier molecular flexibility index (Phi) is 33.8. The van der Waals surface area contributed by atoms with E-state index < -0.39 is 0 Å². The van der Waals surface area contributed by atoms with E-state index in [0.29, 0.717) is 12.5 Å². The summed E-state index contributed by atoms with van der Waals surface area (Å²) in [6.45, 7) is 27.6. The van der Waals surface area contributed by atoms with E-state index in [1.165, 1.54) is 126 Å². The molecule has 0 aliphatic heterocycles. The highest BCUT2D eigenvalue weighted by Crippen LogP contribution is 2.19. The lowest BCUT2D eigenvalue weighted by Crippen LogP contribution is -1.97. The van der Waals surface area contributed by atoms with E-state index in [0.717, 1.165) is 64.2 Å². The monoisotopic (exact) mass is 769 g/mol. The van der Waals surface area contributed by atoms with E-state index in [4.69, 9.17) is 5.11 Å². The molecular formula is C55H92O. The lowest BCUT2D eigenvalue weighted by Gasteiger charge is -2.07. The molecule has 56 heavy (non-hydrogen) atoms. The van der Waals surface area contributed by atoms with Gasteiger partial charge in [-0.25, -0.2) is 0 Å². The molecule has 0 aromatic carbocycles. The first-order chi connectivity index (χ1) is 26.7. The van der Waals surface area contributed by atoms with Crippen molar-refractivity contribution in [3.05, 3.63) is 116 Å². The van der Waals surface area contributed by atoms with Crippen molar-refractivity contribution in [3.8, 4) is 0 Å². The minimum absolute atomic E-state index is 0.311. The molecule has 1 nitrogen and oxygen atoms in total. The number of allylic oxidation sites excluding steroid dienone is 20. The highest BCUT2D eigenvalue weighted by atomic mass is 16.3. The van der Waals surface area contributed by atoms with Crippen LogP contribution in [0.5, 0.6) is 0 Å². The Morgan fingerprint density at radius 3 is 0.696 bits per heavy atom. The van der Waals surface area contributed by atoms with Crippen LogP contribution in [0.4, 0.5) is 0 Å². The summed E-state index contributed by atoms with van der Waals surface area (Å²) in [5, 5.41) is 9.06. The van der Waals surface area contributed by atoms with Crippen LogP contribution in [0.3, 0.4) is 0 Å². The van der Waals surface area contributed by atoms with Crippen LogP contribution in [0.25, 0.3) is 0 Å². The average Bonchev–Trinajstić information content (AvgIpc) is 3.11. The Labute approximate surface area is 350 Å². The largest absolute Gasteiger partial charge is 0.396 e. The van der Waals surface area contributed by atoms with Gasteiger partial charge in [-0.1, -0.05) is 123 Å². The molecule has 0 rings (SSSR count). The van der Waals surface area contributed by atoms with Crippen LogP contribution in [-0.2, 0) is 0 Å². The SMILES string of the molecule is CC(C)=CCC/C(C)=C/CC/C(C)=C/CC/C(C)=C\CC/C(C)=C\CC/C(C)=C\CC/C(C)=C\CC/C(C)=C\CC/C(C)=C\CC/C(C)=C\CCC(C)CCO. The van der Waals surface area contributed by atoms with E-state index in [-0.39, 0.29) is 0 Å². The molecule has 0 heterocycles. The van der Waals surface area contributed by atoms with E-state index in [1.807, 2.05) is 0 Å². The maximum atomic E-state index is 9.06. The summed E-state index contributed by atoms with van der Waals surface area (Å²) in [6, 6.07) is 0. The van der Waals surface area contributed by atoms with E-state index in [1.54, 1.807) is 0 Å². The molecule has 0 saturated heterocycles. The topological polar surface area (TPSA) is 20.2 Å². The molecule has 0 aromatic rings. The third kappa shape index (κ3) is 35.8. The molecule has 0 aliphatic rings. The Morgan fingerprint density at radius 2 is 0.500 bits per heavy atom. The highest BCUT2D eigenvalue weighted by molar-refractivity contribution is 5.11. The van der Waals surface area contributed by atoms with Crippen LogP contribution in [0.2, 0.25) is 0 Å². The third-order valence-electron chi connectivity index (χ3n) is 11.1. The molecule has 1 N–H and O–H groups in total. The fourth-order valence-electron chi connectivity index (χ4n) is 6.86. The highest BCUT2D eigenvalue weighted by Gasteiger charge is 2.00. The van der Waals surface area contributed by atoms with E-state index in [2.05, 4.69) is 144 Å². The summed E-state index contributed by atoms with van der Waals surface area (Å²) in [4.78, 5) is 0. The molecule has 0 bridgehead atoms. The fourth-order valence-corrected chi connectivity index (χ4v) is 6.86. The van der Waals surface area contributed by atoms with Crippen molar-refractivity contribution in [1.82, 2.24) is 0 Å². The minimum Gasteiger partial charge on any atom is -0.396 e. The summed E-state index contributed by atoms with van der Waals surface area (Å²) in [6.07, 6.45) is 48.6. The second kappa shape index (κ2) is 35.5. The third-order valence-corrected chi connectivity index (χ3v) is 11.1. The van der Waals surface area contributed by atoms with E-state index >= 15 is 0 Å². The number of aliphatic hydroxyl groups is 1. The molecule has 318 valence electrons. The van der Waals surface area contributed by atoms with Crippen LogP contribution < -0.4 is 0 Å². The lowest BCUT2D eigenvalue weighted by atomic mass is 10.0. The van der Waals surface area contributed by atoms with Crippen molar-refractivity contribution in [1.29, 1.82) is 0 Å². The minimum atomic E-state index is 0.311. The van der Waals surface area contributed by atoms with Gasteiger partial charge in [-0.15, -0.1) is 0 Å². The molecule has 1 unspecified atom stereocenters. The zero-order valence-corrected chi connectivity index (χ0v) is 39.4. The Hall–Kier alpha value is -2.64. The molecule has 1 heteroatoms. The molecule has 0 aliphatic carbocycles. The predicted octanol–water partition coefficient (Wildman–Crippen LogP) is 18.3. The standard InChI is InChI=1S/C55H92O/c1-45(2)23-13-24-46(3)25-14-26-47(4)27-15-28-48(5)29-16-30-49(6)31-17-32-50(7)33-18-34-51(8)35-19-36-52(9)37-20-38-53(10)39-21-40-54(11)41-22-42-55(12)43-44-56/h23,25,27,29,31,33,35,37,39,41,55-56H,13-22,24,26,28,30,32,34,36,38,40,42-44H2,1-12H3/b46-25+,47-27+,48-29-,49-31-,50-33-,51-35-,52-37-,53-39-,54-41-. The van der Waals surface area contributed by atoms with Gasteiger partial charge in [-0.05, 0) is 217 Å². The fraction of sp³-hybridized carbons (Fsp3) is 0.636. The molecule has 0 aromatic heterocycles. The van der Waals surface area contributed by atoms with Crippen molar-refractivity contribution < 1.29 is 5.11 Å². The molecule has 0 saturated carbocycles. The maximum Gasteiger partial charge on any atom is 0.0433 e. The van der Waals surface area contributed by atoms with Gasteiger partial charge in [0.25, 0.3) is 0 Å². The van der Waals surface area contributed by atoms with Crippen molar-refractivity contribution in [2.24, 2.45) is 5.92 Å². The number of aliphatic hydroxyl groups excluding tert-OH is 1. The zero-order valence-electron chi connectivity index (χ0n) is 39.4. The van der Waals surface area contributed by atoms with Crippen molar-refractivity contribution in [2.75, 3.05) is 6.61 Å². The number of hydrogen-bond acceptors (Lipinski definition) is 1. The van der Waals surface area contributed by atoms with Gasteiger partial charge in [0.1, 0.15) is 0 Å². The van der Waals surface area contributed by atoms with E-state index in [9.17, 15) is 0 Å². The average molecular weight is 769 g/mol. The predicted molar refractivity (Wildman–Crippen MR) is 256 cm³/mol. The maximum absolute atomic E-state index is 9.06. The summed E-state index contributed by atoms with van der Waals surface area (Å²) >= 11 is 0. The van der Waals surface area contributed by atoms with Crippen molar-refractivity contribution >= 4 is 0 Å². The first-order valence-electron chi connectivity index (χ1n) is 22.9. The summed E-state index contributed by atoms with van der Waals surface area (Å²) < 4.78 is 0. The molecule has 0 fully saturated rings. The van der Waals surface area contributed by atoms with Crippen LogP contribution in [0, 0.1) is 5.92 Å². The summed E-state index contributed by atoms with van der Waals surface area (Å²) in [7, 11) is 0. The second-order valence-electron chi connectivity index (χ2n) is 17.8. The Bertz CT molecular complexity index is 1350. The quantitative estimate of drug-likeness (QED) is 0.0676. The first kappa shape index (κ1) is 53.4. The smallest absolute Gasteiger partial charge is 0.0433 e. The van der Waals surface area contributed by atoms with Gasteiger partial charge in [-0.3, -0.25) is 0 Å². The van der Waals surface area contributed by atoms with Gasteiger partial charge >= 0.3 is 0 Å². The van der Waals surface area contributed by atoms with Crippen LogP contribution in [0.1, 0.15) is 218 Å². The van der Waals surface area contributed by atoms with Gasteiger partial charge in [-0.2, -0.15) is 0 Å². The van der Waals surface area contributed by atoms with Gasteiger partial charge in [0.15, 0.2) is 0 Å². The molecule has 0 amide bonds. The summed E-state index contributed by atoms with van der Waals surface area (Å²) in [5.74, 6) is 0.616. The number of hydrogen-bond donors (Lipinski definition) is 1. The molecule has 0 spiro atoms. The van der Waals surface area contributed by atoms with Crippen LogP contribution in [-0.4, -0.2) is 11.7 Å².